The van der Waals surface area contributed by atoms with Crippen molar-refractivity contribution in [1.82, 2.24) is 14.8 Å². The number of hydrogen-bond donors (Lipinski definition) is 1. The third kappa shape index (κ3) is 3.24. The quantitative estimate of drug-likeness (QED) is 0.751. The first-order valence-electron chi connectivity index (χ1n) is 8.73. The van der Waals surface area contributed by atoms with Crippen molar-refractivity contribution in [3.63, 3.8) is 0 Å². The highest BCUT2D eigenvalue weighted by molar-refractivity contribution is 7.19. The van der Waals surface area contributed by atoms with Crippen molar-refractivity contribution in [3.8, 4) is 0 Å². The van der Waals surface area contributed by atoms with E-state index in [4.69, 9.17) is 4.42 Å². The number of thiophene rings is 1. The molecule has 1 aliphatic rings. The second kappa shape index (κ2) is 6.69. The summed E-state index contributed by atoms with van der Waals surface area (Å²) < 4.78 is 6.50. The standard InChI is InChI=1S/C19H23N3O2S/c1-13-15(12-22-7-3-4-8-22)18-17(25-13)10-16(20-18)19(23)21(2)11-14-6-5-9-24-14/h5-6,9-10,20H,3-4,7-8,11-12H2,1-2H3. The van der Waals surface area contributed by atoms with Crippen LogP contribution in [-0.4, -0.2) is 40.8 Å². The van der Waals surface area contributed by atoms with Crippen LogP contribution >= 0.6 is 11.3 Å². The van der Waals surface area contributed by atoms with E-state index in [1.807, 2.05) is 18.2 Å². The fourth-order valence-corrected chi connectivity index (χ4v) is 4.60. The van der Waals surface area contributed by atoms with Gasteiger partial charge in [0.2, 0.25) is 0 Å². The molecule has 0 aliphatic carbocycles. The van der Waals surface area contributed by atoms with Gasteiger partial charge in [0.05, 0.1) is 23.0 Å². The molecule has 1 fully saturated rings. The van der Waals surface area contributed by atoms with Crippen molar-refractivity contribution in [3.05, 3.63) is 46.4 Å². The molecule has 6 heteroatoms. The minimum atomic E-state index is -0.00965. The third-order valence-electron chi connectivity index (χ3n) is 4.90. The number of nitrogens with one attached hydrogen (secondary N) is 1. The number of fused-ring (bicyclic) bond motifs is 1. The van der Waals surface area contributed by atoms with E-state index in [0.717, 1.165) is 17.8 Å². The van der Waals surface area contributed by atoms with Gasteiger partial charge in [0.25, 0.3) is 5.91 Å². The van der Waals surface area contributed by atoms with Crippen LogP contribution in [0.4, 0.5) is 0 Å². The van der Waals surface area contributed by atoms with Crippen LogP contribution in [0.15, 0.2) is 28.9 Å². The minimum absolute atomic E-state index is 0.00965. The number of aromatic nitrogens is 1. The van der Waals surface area contributed by atoms with Crippen molar-refractivity contribution in [2.24, 2.45) is 0 Å². The van der Waals surface area contributed by atoms with Gasteiger partial charge in [-0.05, 0) is 51.1 Å². The van der Waals surface area contributed by atoms with Gasteiger partial charge in [-0.15, -0.1) is 11.3 Å². The van der Waals surface area contributed by atoms with Crippen molar-refractivity contribution in [2.45, 2.75) is 32.9 Å². The van der Waals surface area contributed by atoms with Crippen molar-refractivity contribution in [2.75, 3.05) is 20.1 Å². The molecule has 1 N–H and O–H groups in total. The maximum Gasteiger partial charge on any atom is 0.270 e. The van der Waals surface area contributed by atoms with Crippen LogP contribution in [0.25, 0.3) is 10.2 Å². The third-order valence-corrected chi connectivity index (χ3v) is 6.00. The van der Waals surface area contributed by atoms with Gasteiger partial charge in [-0.25, -0.2) is 0 Å². The molecule has 1 amide bonds. The number of amides is 1. The van der Waals surface area contributed by atoms with Crippen molar-refractivity contribution < 1.29 is 9.21 Å². The predicted octanol–water partition coefficient (Wildman–Crippen LogP) is 4.00. The highest BCUT2D eigenvalue weighted by Gasteiger charge is 2.21. The van der Waals surface area contributed by atoms with Gasteiger partial charge in [0, 0.05) is 24.0 Å². The molecule has 4 rings (SSSR count). The van der Waals surface area contributed by atoms with Gasteiger partial charge in [0.15, 0.2) is 0 Å². The number of nitrogens with zero attached hydrogens (tertiary/aromatic N) is 2. The summed E-state index contributed by atoms with van der Waals surface area (Å²) in [7, 11) is 1.80. The van der Waals surface area contributed by atoms with Gasteiger partial charge in [-0.1, -0.05) is 0 Å². The zero-order valence-electron chi connectivity index (χ0n) is 14.7. The van der Waals surface area contributed by atoms with Crippen LogP contribution in [0.3, 0.4) is 0 Å². The van der Waals surface area contributed by atoms with Gasteiger partial charge >= 0.3 is 0 Å². The number of furan rings is 1. The zero-order chi connectivity index (χ0) is 17.4. The molecule has 4 heterocycles. The highest BCUT2D eigenvalue weighted by atomic mass is 32.1. The summed E-state index contributed by atoms with van der Waals surface area (Å²) in [5.41, 5.74) is 3.12. The monoisotopic (exact) mass is 357 g/mol. The minimum Gasteiger partial charge on any atom is -0.467 e. The highest BCUT2D eigenvalue weighted by Crippen LogP contribution is 2.33. The van der Waals surface area contributed by atoms with Crippen LogP contribution < -0.4 is 0 Å². The number of carbonyl (C=O) groups is 1. The molecule has 0 bridgehead atoms. The molecule has 1 saturated heterocycles. The van der Waals surface area contributed by atoms with E-state index in [0.29, 0.717) is 12.2 Å². The molecule has 3 aromatic rings. The molecule has 25 heavy (non-hydrogen) atoms. The first kappa shape index (κ1) is 16.4. The Morgan fingerprint density at radius 3 is 2.92 bits per heavy atom. The lowest BCUT2D eigenvalue weighted by molar-refractivity contribution is 0.0770. The van der Waals surface area contributed by atoms with E-state index in [1.165, 1.54) is 41.1 Å². The second-order valence-corrected chi connectivity index (χ2v) is 8.04. The molecular formula is C19H23N3O2S. The molecule has 0 atom stereocenters. The van der Waals surface area contributed by atoms with Crippen LogP contribution in [0.5, 0.6) is 0 Å². The van der Waals surface area contributed by atoms with Gasteiger partial charge < -0.3 is 14.3 Å². The largest absolute Gasteiger partial charge is 0.467 e. The summed E-state index contributed by atoms with van der Waals surface area (Å²) in [6.07, 6.45) is 4.21. The van der Waals surface area contributed by atoms with E-state index >= 15 is 0 Å². The number of H-pyrrole nitrogens is 1. The number of aryl methyl sites for hydroxylation is 1. The molecule has 0 aromatic carbocycles. The van der Waals surface area contributed by atoms with E-state index in [-0.39, 0.29) is 5.91 Å². The van der Waals surface area contributed by atoms with Gasteiger partial charge in [0.1, 0.15) is 11.5 Å². The van der Waals surface area contributed by atoms with Crippen molar-refractivity contribution >= 4 is 27.5 Å². The fourth-order valence-electron chi connectivity index (χ4n) is 3.53. The lowest BCUT2D eigenvalue weighted by Crippen LogP contribution is -2.26. The van der Waals surface area contributed by atoms with Crippen LogP contribution in [0.1, 0.15) is 39.5 Å². The average molecular weight is 357 g/mol. The molecule has 0 unspecified atom stereocenters. The Hall–Kier alpha value is -2.05. The Labute approximate surface area is 151 Å². The molecule has 0 spiro atoms. The summed E-state index contributed by atoms with van der Waals surface area (Å²) in [6.45, 7) is 5.97. The maximum absolute atomic E-state index is 12.7. The summed E-state index contributed by atoms with van der Waals surface area (Å²) in [5, 5.41) is 0. The SMILES string of the molecule is Cc1sc2cc(C(=O)N(C)Cc3ccco3)[nH]c2c1CN1CCCC1. The Kier molecular flexibility index (Phi) is 4.39. The summed E-state index contributed by atoms with van der Waals surface area (Å²) >= 11 is 1.77. The number of aromatic amines is 1. The first-order chi connectivity index (χ1) is 12.1. The normalized spacial score (nSPS) is 15.3. The Morgan fingerprint density at radius 1 is 1.40 bits per heavy atom. The molecule has 5 nitrogen and oxygen atoms in total. The number of rotatable bonds is 5. The fraction of sp³-hybridized carbons (Fsp3) is 0.421. The lowest BCUT2D eigenvalue weighted by atomic mass is 10.2. The Balaban J connectivity index is 1.56. The number of hydrogen-bond acceptors (Lipinski definition) is 4. The lowest BCUT2D eigenvalue weighted by Gasteiger charge is -2.15. The summed E-state index contributed by atoms with van der Waals surface area (Å²) in [6, 6.07) is 5.71. The molecule has 0 saturated carbocycles. The number of likely N-dealkylation sites (tertiary alicyclic amines) is 1. The topological polar surface area (TPSA) is 52.5 Å². The second-order valence-electron chi connectivity index (χ2n) is 6.78. The van der Waals surface area contributed by atoms with E-state index < -0.39 is 0 Å². The number of carbonyl (C=O) groups excluding carboxylic acids is 1. The maximum atomic E-state index is 12.7. The first-order valence-corrected chi connectivity index (χ1v) is 9.54. The van der Waals surface area contributed by atoms with Crippen molar-refractivity contribution in [1.29, 1.82) is 0 Å². The Morgan fingerprint density at radius 2 is 2.20 bits per heavy atom. The molecule has 1 aliphatic heterocycles. The van der Waals surface area contributed by atoms with E-state index in [1.54, 1.807) is 29.5 Å². The molecule has 0 radical (unpaired) electrons. The summed E-state index contributed by atoms with van der Waals surface area (Å²) in [5.74, 6) is 0.777. The van der Waals surface area contributed by atoms with E-state index in [9.17, 15) is 4.79 Å². The zero-order valence-corrected chi connectivity index (χ0v) is 15.5. The van der Waals surface area contributed by atoms with Crippen LogP contribution in [0, 0.1) is 6.92 Å². The van der Waals surface area contributed by atoms with Crippen LogP contribution in [0.2, 0.25) is 0 Å². The molecular weight excluding hydrogens is 334 g/mol. The predicted molar refractivity (Wildman–Crippen MR) is 99.9 cm³/mol. The molecule has 3 aromatic heterocycles. The van der Waals surface area contributed by atoms with Crippen LogP contribution in [-0.2, 0) is 13.1 Å². The summed E-state index contributed by atoms with van der Waals surface area (Å²) in [4.78, 5) is 21.6. The van der Waals surface area contributed by atoms with E-state index in [2.05, 4.69) is 16.8 Å². The average Bonchev–Trinajstić information content (AvgIpc) is 3.35. The van der Waals surface area contributed by atoms with Gasteiger partial charge in [-0.3, -0.25) is 9.69 Å². The smallest absolute Gasteiger partial charge is 0.270 e. The molecule has 132 valence electrons. The Bertz CT molecular complexity index is 872. The van der Waals surface area contributed by atoms with Gasteiger partial charge in [-0.2, -0.15) is 0 Å².